The zero-order valence-corrected chi connectivity index (χ0v) is 9.44. The van der Waals surface area contributed by atoms with Crippen LogP contribution in [0.4, 0.5) is 6.01 Å². The number of nitrogens with zero attached hydrogens (tertiary/aromatic N) is 2. The van der Waals surface area contributed by atoms with Gasteiger partial charge in [0.2, 0.25) is 11.7 Å². The molecule has 0 N–H and O–H groups in total. The Hall–Kier alpha value is -1.50. The van der Waals surface area contributed by atoms with Crippen LogP contribution >= 0.6 is 12.6 Å². The molecule has 1 aromatic rings. The van der Waals surface area contributed by atoms with Gasteiger partial charge in [0.25, 0.3) is 0 Å². The van der Waals surface area contributed by atoms with E-state index in [1.54, 1.807) is 0 Å². The number of thiol groups is 1. The number of hydrogen-bond donors (Lipinski definition) is 1. The standard InChI is InChI=1S/C9H10N2O4S/c1-14-8(13)6-3-10-9(15-6)11-4-5(16)2-7(11)12/h3,5,16H,2,4H2,1H3. The number of esters is 1. The lowest BCUT2D eigenvalue weighted by molar-refractivity contribution is -0.117. The van der Waals surface area contributed by atoms with Crippen molar-refractivity contribution in [2.75, 3.05) is 18.6 Å². The van der Waals surface area contributed by atoms with Crippen LogP contribution in [0.2, 0.25) is 0 Å². The second-order valence-corrected chi connectivity index (χ2v) is 4.09. The third-order valence-electron chi connectivity index (χ3n) is 2.22. The van der Waals surface area contributed by atoms with Gasteiger partial charge < -0.3 is 9.15 Å². The van der Waals surface area contributed by atoms with Crippen molar-refractivity contribution in [1.82, 2.24) is 4.98 Å². The number of rotatable bonds is 2. The number of methoxy groups -OCH3 is 1. The van der Waals surface area contributed by atoms with Gasteiger partial charge in [-0.15, -0.1) is 0 Å². The van der Waals surface area contributed by atoms with Gasteiger partial charge >= 0.3 is 12.0 Å². The van der Waals surface area contributed by atoms with Gasteiger partial charge in [-0.25, -0.2) is 9.78 Å². The maximum absolute atomic E-state index is 11.5. The van der Waals surface area contributed by atoms with Crippen molar-refractivity contribution in [1.29, 1.82) is 0 Å². The normalized spacial score (nSPS) is 20.2. The molecule has 1 aliphatic heterocycles. The van der Waals surface area contributed by atoms with E-state index in [-0.39, 0.29) is 22.9 Å². The minimum atomic E-state index is -0.618. The van der Waals surface area contributed by atoms with Crippen LogP contribution in [0.5, 0.6) is 0 Å². The minimum absolute atomic E-state index is 0.0204. The van der Waals surface area contributed by atoms with Crippen LogP contribution in [0.15, 0.2) is 10.6 Å². The van der Waals surface area contributed by atoms with E-state index in [9.17, 15) is 9.59 Å². The molecule has 1 fully saturated rings. The fourth-order valence-electron chi connectivity index (χ4n) is 1.46. The van der Waals surface area contributed by atoms with E-state index in [1.165, 1.54) is 18.2 Å². The van der Waals surface area contributed by atoms with E-state index in [1.807, 2.05) is 0 Å². The van der Waals surface area contributed by atoms with Crippen molar-refractivity contribution in [2.45, 2.75) is 11.7 Å². The molecule has 1 aromatic heterocycles. The molecule has 2 heterocycles. The summed E-state index contributed by atoms with van der Waals surface area (Å²) in [6.45, 7) is 0.434. The third kappa shape index (κ3) is 1.90. The largest absolute Gasteiger partial charge is 0.463 e. The van der Waals surface area contributed by atoms with Crippen molar-refractivity contribution in [3.8, 4) is 0 Å². The summed E-state index contributed by atoms with van der Waals surface area (Å²) in [7, 11) is 1.25. The lowest BCUT2D eigenvalue weighted by Gasteiger charge is -2.09. The zero-order chi connectivity index (χ0) is 11.7. The first-order valence-electron chi connectivity index (χ1n) is 4.64. The first kappa shape index (κ1) is 11.0. The highest BCUT2D eigenvalue weighted by atomic mass is 32.1. The molecule has 86 valence electrons. The quantitative estimate of drug-likeness (QED) is 0.603. The monoisotopic (exact) mass is 242 g/mol. The second-order valence-electron chi connectivity index (χ2n) is 3.36. The van der Waals surface area contributed by atoms with Crippen LogP contribution in [0.3, 0.4) is 0 Å². The Bertz CT molecular complexity index is 431. The summed E-state index contributed by atoms with van der Waals surface area (Å²) in [6.07, 6.45) is 1.58. The van der Waals surface area contributed by atoms with Gasteiger partial charge in [0, 0.05) is 18.2 Å². The molecule has 16 heavy (non-hydrogen) atoms. The lowest BCUT2D eigenvalue weighted by atomic mass is 10.4. The van der Waals surface area contributed by atoms with Crippen molar-refractivity contribution < 1.29 is 18.7 Å². The van der Waals surface area contributed by atoms with E-state index in [4.69, 9.17) is 4.42 Å². The molecular formula is C9H10N2O4S. The topological polar surface area (TPSA) is 72.6 Å². The third-order valence-corrected chi connectivity index (χ3v) is 2.56. The second kappa shape index (κ2) is 4.17. The fraction of sp³-hybridized carbons (Fsp3) is 0.444. The van der Waals surface area contributed by atoms with Gasteiger partial charge in [-0.2, -0.15) is 12.6 Å². The van der Waals surface area contributed by atoms with Crippen LogP contribution in [-0.4, -0.2) is 35.8 Å². The maximum Gasteiger partial charge on any atom is 0.375 e. The van der Waals surface area contributed by atoms with Crippen molar-refractivity contribution in [2.24, 2.45) is 0 Å². The average molecular weight is 242 g/mol. The van der Waals surface area contributed by atoms with Gasteiger partial charge in [0.15, 0.2) is 0 Å². The Morgan fingerprint density at radius 1 is 1.75 bits per heavy atom. The molecule has 1 saturated heterocycles. The van der Waals surface area contributed by atoms with Crippen LogP contribution < -0.4 is 4.90 Å². The molecule has 1 atom stereocenters. The number of carbonyl (C=O) groups is 2. The van der Waals surface area contributed by atoms with Gasteiger partial charge in [-0.1, -0.05) is 0 Å². The highest BCUT2D eigenvalue weighted by Crippen LogP contribution is 2.23. The molecule has 1 unspecified atom stereocenters. The van der Waals surface area contributed by atoms with E-state index < -0.39 is 5.97 Å². The Kier molecular flexibility index (Phi) is 2.86. The van der Waals surface area contributed by atoms with Crippen molar-refractivity contribution in [3.05, 3.63) is 12.0 Å². The SMILES string of the molecule is COC(=O)c1cnc(N2CC(S)CC2=O)o1. The van der Waals surface area contributed by atoms with Crippen molar-refractivity contribution >= 4 is 30.5 Å². The Morgan fingerprint density at radius 2 is 2.50 bits per heavy atom. The van der Waals surface area contributed by atoms with Crippen LogP contribution in [0.1, 0.15) is 17.0 Å². The first-order valence-corrected chi connectivity index (χ1v) is 5.16. The highest BCUT2D eigenvalue weighted by Gasteiger charge is 2.31. The molecule has 2 rings (SSSR count). The number of carbonyl (C=O) groups excluding carboxylic acids is 2. The number of hydrogen-bond acceptors (Lipinski definition) is 6. The number of aromatic nitrogens is 1. The summed E-state index contributed by atoms with van der Waals surface area (Å²) in [5.41, 5.74) is 0. The smallest absolute Gasteiger partial charge is 0.375 e. The number of amides is 1. The van der Waals surface area contributed by atoms with E-state index in [0.717, 1.165) is 0 Å². The summed E-state index contributed by atoms with van der Waals surface area (Å²) in [5, 5.41) is -0.0269. The predicted octanol–water partition coefficient (Wildman–Crippen LogP) is 0.496. The molecule has 6 nitrogen and oxygen atoms in total. The molecule has 1 aliphatic rings. The zero-order valence-electron chi connectivity index (χ0n) is 8.54. The molecule has 0 aromatic carbocycles. The Balaban J connectivity index is 2.19. The molecule has 0 aliphatic carbocycles. The van der Waals surface area contributed by atoms with Gasteiger partial charge in [0.1, 0.15) is 0 Å². The molecule has 0 saturated carbocycles. The van der Waals surface area contributed by atoms with Gasteiger partial charge in [0.05, 0.1) is 13.3 Å². The van der Waals surface area contributed by atoms with E-state index in [0.29, 0.717) is 13.0 Å². The number of anilines is 1. The summed E-state index contributed by atoms with van der Waals surface area (Å²) >= 11 is 4.20. The average Bonchev–Trinajstić information content (AvgIpc) is 2.83. The fourth-order valence-corrected chi connectivity index (χ4v) is 1.78. The van der Waals surface area contributed by atoms with Crippen LogP contribution in [0.25, 0.3) is 0 Å². The minimum Gasteiger partial charge on any atom is -0.463 e. The highest BCUT2D eigenvalue weighted by molar-refractivity contribution is 7.81. The molecule has 0 bridgehead atoms. The van der Waals surface area contributed by atoms with Crippen LogP contribution in [-0.2, 0) is 9.53 Å². The summed E-state index contributed by atoms with van der Waals surface area (Å²) in [5.74, 6) is -0.751. The Labute approximate surface area is 97.0 Å². The molecule has 0 spiro atoms. The van der Waals surface area contributed by atoms with Crippen LogP contribution in [0, 0.1) is 0 Å². The molecule has 0 radical (unpaired) electrons. The number of ether oxygens (including phenoxy) is 1. The molecule has 7 heteroatoms. The van der Waals surface area contributed by atoms with Gasteiger partial charge in [-0.3, -0.25) is 9.69 Å². The van der Waals surface area contributed by atoms with Crippen molar-refractivity contribution in [3.63, 3.8) is 0 Å². The van der Waals surface area contributed by atoms with E-state index >= 15 is 0 Å². The molecule has 1 amide bonds. The summed E-state index contributed by atoms with van der Waals surface area (Å²) < 4.78 is 9.59. The summed E-state index contributed by atoms with van der Waals surface area (Å²) in [4.78, 5) is 27.8. The maximum atomic E-state index is 11.5. The lowest BCUT2D eigenvalue weighted by Crippen LogP contribution is -2.24. The van der Waals surface area contributed by atoms with E-state index in [2.05, 4.69) is 22.3 Å². The predicted molar refractivity (Wildman–Crippen MR) is 57.6 cm³/mol. The Morgan fingerprint density at radius 3 is 3.06 bits per heavy atom. The number of oxazole rings is 1. The summed E-state index contributed by atoms with van der Waals surface area (Å²) in [6, 6.07) is 0.113. The first-order chi connectivity index (χ1) is 7.61. The van der Waals surface area contributed by atoms with Gasteiger partial charge in [-0.05, 0) is 0 Å². The molecular weight excluding hydrogens is 232 g/mol.